The molecule has 5 N–H and O–H groups in total. The van der Waals surface area contributed by atoms with Gasteiger partial charge >= 0.3 is 6.09 Å². The van der Waals surface area contributed by atoms with Crippen LogP contribution in [0.5, 0.6) is 0 Å². The minimum Gasteiger partial charge on any atom is -0.453 e. The van der Waals surface area contributed by atoms with E-state index in [1.165, 1.54) is 7.11 Å². The first kappa shape index (κ1) is 26.3. The number of nitrogens with zero attached hydrogens (tertiary/aromatic N) is 1. The largest absolute Gasteiger partial charge is 0.453 e. The van der Waals surface area contributed by atoms with Gasteiger partial charge in [-0.1, -0.05) is 18.2 Å². The lowest BCUT2D eigenvalue weighted by Crippen LogP contribution is -2.36. The second-order valence-electron chi connectivity index (χ2n) is 9.65. The molecule has 9 nitrogen and oxygen atoms in total. The van der Waals surface area contributed by atoms with Crippen LogP contribution >= 0.6 is 0 Å². The molecule has 1 aromatic heterocycles. The molecule has 0 spiro atoms. The maximum atomic E-state index is 13.2. The maximum Gasteiger partial charge on any atom is 0.411 e. The number of nitrogens with two attached hydrogens (primary N) is 1. The first-order valence-corrected chi connectivity index (χ1v) is 12.9. The Bertz CT molecular complexity index is 1160. The first-order valence-electron chi connectivity index (χ1n) is 12.9. The smallest absolute Gasteiger partial charge is 0.411 e. The van der Waals surface area contributed by atoms with Gasteiger partial charge in [0.05, 0.1) is 24.5 Å². The van der Waals surface area contributed by atoms with E-state index in [1.54, 1.807) is 18.3 Å². The molecule has 37 heavy (non-hydrogen) atoms. The fourth-order valence-electron chi connectivity index (χ4n) is 4.93. The number of methoxy groups -OCH3 is 1. The van der Waals surface area contributed by atoms with Crippen molar-refractivity contribution in [2.45, 2.75) is 51.0 Å². The van der Waals surface area contributed by atoms with E-state index in [1.807, 2.05) is 30.4 Å². The molecule has 2 aromatic rings. The normalized spacial score (nSPS) is 22.6. The third-order valence-electron chi connectivity index (χ3n) is 7.12. The summed E-state index contributed by atoms with van der Waals surface area (Å²) in [7, 11) is 1.29. The SMILES string of the molecule is COC(=O)Nc1ccc2c(c1)NC(=O)CC/C=C\C[C@H](NC(=O)C1CCC(CN)CC1)c1cc-2ccn1. The number of amides is 3. The molecule has 1 fully saturated rings. The fraction of sp³-hybridized carbons (Fsp3) is 0.429. The zero-order valence-electron chi connectivity index (χ0n) is 21.2. The molecule has 2 bridgehead atoms. The number of carbonyl (C=O) groups excluding carboxylic acids is 3. The van der Waals surface area contributed by atoms with Gasteiger partial charge in [-0.2, -0.15) is 0 Å². The number of rotatable bonds is 4. The van der Waals surface area contributed by atoms with E-state index < -0.39 is 6.09 Å². The van der Waals surface area contributed by atoms with Gasteiger partial charge in [0.2, 0.25) is 11.8 Å². The van der Waals surface area contributed by atoms with E-state index in [9.17, 15) is 14.4 Å². The summed E-state index contributed by atoms with van der Waals surface area (Å²) in [6.07, 6.45) is 10.2. The van der Waals surface area contributed by atoms with E-state index in [2.05, 4.69) is 25.7 Å². The summed E-state index contributed by atoms with van der Waals surface area (Å²) in [4.78, 5) is 42.1. The molecule has 1 aliphatic heterocycles. The molecule has 4 rings (SSSR count). The molecule has 1 aliphatic carbocycles. The highest BCUT2D eigenvalue weighted by Crippen LogP contribution is 2.33. The van der Waals surface area contributed by atoms with Crippen LogP contribution in [-0.2, 0) is 14.3 Å². The first-order chi connectivity index (χ1) is 18.0. The lowest BCUT2D eigenvalue weighted by Gasteiger charge is -2.28. The van der Waals surface area contributed by atoms with Gasteiger partial charge in [-0.05, 0) is 80.8 Å². The number of fused-ring (bicyclic) bond motifs is 4. The molecular weight excluding hydrogens is 470 g/mol. The van der Waals surface area contributed by atoms with Crippen LogP contribution in [0, 0.1) is 11.8 Å². The summed E-state index contributed by atoms with van der Waals surface area (Å²) in [5.74, 6) is 0.423. The Morgan fingerprint density at radius 3 is 2.70 bits per heavy atom. The van der Waals surface area contributed by atoms with Crippen molar-refractivity contribution in [3.8, 4) is 11.1 Å². The zero-order chi connectivity index (χ0) is 26.2. The second-order valence-corrected chi connectivity index (χ2v) is 9.65. The van der Waals surface area contributed by atoms with Crippen molar-refractivity contribution >= 4 is 29.3 Å². The van der Waals surface area contributed by atoms with Crippen LogP contribution in [0.3, 0.4) is 0 Å². The number of carbonyl (C=O) groups is 3. The van der Waals surface area contributed by atoms with Crippen molar-refractivity contribution in [3.63, 3.8) is 0 Å². The zero-order valence-corrected chi connectivity index (χ0v) is 21.2. The van der Waals surface area contributed by atoms with Gasteiger partial charge in [0.1, 0.15) is 0 Å². The maximum absolute atomic E-state index is 13.2. The Labute approximate surface area is 217 Å². The number of anilines is 2. The summed E-state index contributed by atoms with van der Waals surface area (Å²) in [5, 5.41) is 8.85. The van der Waals surface area contributed by atoms with Crippen LogP contribution in [0.1, 0.15) is 56.7 Å². The lowest BCUT2D eigenvalue weighted by atomic mass is 9.81. The van der Waals surface area contributed by atoms with Crippen LogP contribution in [0.15, 0.2) is 48.7 Å². The number of nitrogens with one attached hydrogen (secondary N) is 3. The highest BCUT2D eigenvalue weighted by atomic mass is 16.5. The number of benzene rings is 1. The monoisotopic (exact) mass is 505 g/mol. The number of allylic oxidation sites excluding steroid dienone is 1. The Morgan fingerprint density at radius 1 is 1.14 bits per heavy atom. The molecule has 196 valence electrons. The molecule has 0 radical (unpaired) electrons. The molecule has 2 aliphatic rings. The minimum absolute atomic E-state index is 0.0113. The number of hydrogen-bond donors (Lipinski definition) is 4. The molecule has 9 heteroatoms. The van der Waals surface area contributed by atoms with Gasteiger partial charge in [0.15, 0.2) is 0 Å². The molecule has 0 unspecified atom stereocenters. The molecule has 1 aromatic carbocycles. The summed E-state index contributed by atoms with van der Waals surface area (Å²) >= 11 is 0. The third-order valence-corrected chi connectivity index (χ3v) is 7.12. The van der Waals surface area contributed by atoms with Crippen LogP contribution in [0.25, 0.3) is 11.1 Å². The van der Waals surface area contributed by atoms with Crippen molar-refractivity contribution < 1.29 is 19.1 Å². The van der Waals surface area contributed by atoms with E-state index in [4.69, 9.17) is 5.73 Å². The van der Waals surface area contributed by atoms with Gasteiger partial charge in [0.25, 0.3) is 0 Å². The summed E-state index contributed by atoms with van der Waals surface area (Å²) in [6.45, 7) is 0.678. The average molecular weight is 506 g/mol. The van der Waals surface area contributed by atoms with Crippen molar-refractivity contribution in [1.82, 2.24) is 10.3 Å². The van der Waals surface area contributed by atoms with Crippen LogP contribution in [0.4, 0.5) is 16.2 Å². The second kappa shape index (κ2) is 12.5. The predicted octanol–water partition coefficient (Wildman–Crippen LogP) is 4.53. The number of ether oxygens (including phenoxy) is 1. The Morgan fingerprint density at radius 2 is 1.95 bits per heavy atom. The summed E-state index contributed by atoms with van der Waals surface area (Å²) in [5.41, 5.74) is 9.26. The number of aromatic nitrogens is 1. The summed E-state index contributed by atoms with van der Waals surface area (Å²) in [6, 6.07) is 8.81. The predicted molar refractivity (Wildman–Crippen MR) is 143 cm³/mol. The minimum atomic E-state index is -0.595. The van der Waals surface area contributed by atoms with Crippen LogP contribution < -0.4 is 21.7 Å². The molecular formula is C28H35N5O4. The highest BCUT2D eigenvalue weighted by molar-refractivity contribution is 5.97. The average Bonchev–Trinajstić information content (AvgIpc) is 2.92. The quantitative estimate of drug-likeness (QED) is 0.451. The highest BCUT2D eigenvalue weighted by Gasteiger charge is 2.27. The van der Waals surface area contributed by atoms with Crippen molar-refractivity contribution in [2.24, 2.45) is 17.6 Å². The van der Waals surface area contributed by atoms with Crippen molar-refractivity contribution in [3.05, 3.63) is 54.4 Å². The number of hydrogen-bond acceptors (Lipinski definition) is 6. The molecule has 2 heterocycles. The van der Waals surface area contributed by atoms with Gasteiger partial charge in [-0.25, -0.2) is 4.79 Å². The van der Waals surface area contributed by atoms with E-state index >= 15 is 0 Å². The third kappa shape index (κ3) is 6.95. The van der Waals surface area contributed by atoms with Gasteiger partial charge < -0.3 is 21.1 Å². The Balaban J connectivity index is 1.63. The molecule has 1 atom stereocenters. The van der Waals surface area contributed by atoms with Crippen LogP contribution in [0.2, 0.25) is 0 Å². The lowest BCUT2D eigenvalue weighted by molar-refractivity contribution is -0.127. The number of pyridine rings is 1. The van der Waals surface area contributed by atoms with E-state index in [0.29, 0.717) is 43.1 Å². The topological polar surface area (TPSA) is 135 Å². The molecule has 3 amide bonds. The molecule has 1 saturated carbocycles. The standard InChI is InChI=1S/C28H35N5O4/c1-37-28(36)31-21-11-12-22-20-13-14-30-25(15-20)23(5-3-2-4-6-26(34)32-24(22)16-21)33-27(35)19-9-7-18(17-29)8-10-19/h2-3,11-16,18-19,23H,4-10,17,29H2,1H3,(H,31,36)(H,32,34)(H,33,35)/b3-2-/t18?,19?,23-/m0/s1. The van der Waals surface area contributed by atoms with Crippen molar-refractivity contribution in [2.75, 3.05) is 24.3 Å². The van der Waals surface area contributed by atoms with Crippen molar-refractivity contribution in [1.29, 1.82) is 0 Å². The van der Waals surface area contributed by atoms with Gasteiger partial charge in [-0.15, -0.1) is 0 Å². The summed E-state index contributed by atoms with van der Waals surface area (Å²) < 4.78 is 4.69. The van der Waals surface area contributed by atoms with Gasteiger partial charge in [-0.3, -0.25) is 19.9 Å². The fourth-order valence-corrected chi connectivity index (χ4v) is 4.93. The Hall–Kier alpha value is -3.72. The van der Waals surface area contributed by atoms with Crippen LogP contribution in [-0.4, -0.2) is 36.5 Å². The molecule has 0 saturated heterocycles. The van der Waals surface area contributed by atoms with E-state index in [0.717, 1.165) is 42.5 Å². The van der Waals surface area contributed by atoms with E-state index in [-0.39, 0.29) is 23.8 Å². The van der Waals surface area contributed by atoms with Gasteiger partial charge in [0, 0.05) is 29.8 Å². The Kier molecular flexibility index (Phi) is 8.90.